The maximum absolute atomic E-state index is 9.78. The first-order chi connectivity index (χ1) is 10.4. The summed E-state index contributed by atoms with van der Waals surface area (Å²) in [6.45, 7) is -1.08. The highest BCUT2D eigenvalue weighted by Crippen LogP contribution is 2.23. The van der Waals surface area contributed by atoms with Crippen LogP contribution in [0.25, 0.3) is 0 Å². The lowest BCUT2D eigenvalue weighted by atomic mass is 9.99. The molecule has 130 valence electrons. The fourth-order valence-corrected chi connectivity index (χ4v) is 2.41. The minimum Gasteiger partial charge on any atom is -0.394 e. The molecule has 0 saturated carbocycles. The van der Waals surface area contributed by atoms with Gasteiger partial charge in [-0.2, -0.15) is 0 Å². The minimum atomic E-state index is -1.57. The molecule has 0 amide bonds. The van der Waals surface area contributed by atoms with E-state index in [4.69, 9.17) is 19.3 Å². The molecule has 2 saturated heterocycles. The van der Waals surface area contributed by atoms with Gasteiger partial charge >= 0.3 is 0 Å². The van der Waals surface area contributed by atoms with E-state index < -0.39 is 61.7 Å². The molecule has 0 aromatic rings. The van der Waals surface area contributed by atoms with E-state index in [1.807, 2.05) is 0 Å². The van der Waals surface area contributed by atoms with E-state index in [1.54, 1.807) is 0 Å². The maximum Gasteiger partial charge on any atom is 0.186 e. The van der Waals surface area contributed by atoms with Crippen molar-refractivity contribution in [2.24, 2.45) is 0 Å². The Labute approximate surface area is 126 Å². The third kappa shape index (κ3) is 3.57. The molecule has 0 spiro atoms. The van der Waals surface area contributed by atoms with Crippen LogP contribution in [0.4, 0.5) is 0 Å². The van der Waals surface area contributed by atoms with Crippen LogP contribution in [0.15, 0.2) is 0 Å². The molecule has 7 N–H and O–H groups in total. The van der Waals surface area contributed by atoms with Crippen molar-refractivity contribution < 1.29 is 50.0 Å². The quantitative estimate of drug-likeness (QED) is 0.266. The summed E-state index contributed by atoms with van der Waals surface area (Å²) in [5.41, 5.74) is 0. The molecule has 0 aromatic heterocycles. The highest BCUT2D eigenvalue weighted by atomic mass is 16.7. The predicted octanol–water partition coefficient (Wildman–Crippen LogP) is -4.72. The van der Waals surface area contributed by atoms with Crippen molar-refractivity contribution in [3.63, 3.8) is 0 Å². The Bertz CT molecular complexity index is 353. The first-order valence-corrected chi connectivity index (χ1v) is 6.94. The molecule has 0 aromatic carbocycles. The second-order valence-corrected chi connectivity index (χ2v) is 5.45. The minimum absolute atomic E-state index is 0.194. The van der Waals surface area contributed by atoms with E-state index >= 15 is 0 Å². The van der Waals surface area contributed by atoms with Crippen molar-refractivity contribution in [2.45, 2.75) is 55.1 Å². The van der Waals surface area contributed by atoms with E-state index in [9.17, 15) is 30.6 Å². The van der Waals surface area contributed by atoms with Gasteiger partial charge in [0.2, 0.25) is 0 Å². The molecule has 2 aliphatic heterocycles. The zero-order valence-electron chi connectivity index (χ0n) is 11.7. The van der Waals surface area contributed by atoms with Gasteiger partial charge in [0, 0.05) is 0 Å². The Balaban J connectivity index is 1.90. The van der Waals surface area contributed by atoms with Crippen LogP contribution in [0.1, 0.15) is 0 Å². The van der Waals surface area contributed by atoms with Gasteiger partial charge in [-0.3, -0.25) is 0 Å². The summed E-state index contributed by atoms with van der Waals surface area (Å²) in [7, 11) is 0. The molecule has 9 atom stereocenters. The number of aliphatic hydroxyl groups excluding tert-OH is 7. The van der Waals surface area contributed by atoms with Crippen molar-refractivity contribution in [1.29, 1.82) is 0 Å². The largest absolute Gasteiger partial charge is 0.394 e. The monoisotopic (exact) mass is 326 g/mol. The van der Waals surface area contributed by atoms with E-state index in [0.29, 0.717) is 0 Å². The van der Waals surface area contributed by atoms with Crippen LogP contribution in [0.2, 0.25) is 0 Å². The molecular formula is C12H22O10. The molecule has 0 radical (unpaired) electrons. The van der Waals surface area contributed by atoms with Crippen LogP contribution in [0, 0.1) is 0 Å². The fourth-order valence-electron chi connectivity index (χ4n) is 2.41. The predicted molar refractivity (Wildman–Crippen MR) is 67.5 cm³/mol. The summed E-state index contributed by atoms with van der Waals surface area (Å²) in [5.74, 6) is 0. The highest BCUT2D eigenvalue weighted by Gasteiger charge is 2.45. The molecule has 22 heavy (non-hydrogen) atoms. The SMILES string of the molecule is OC[C@H]1O[C@@H](OC[C@H]2OC[C@H](O)[C@@H](O)[C@H]2O)[C@H](O)[C@@H](O)[C@H]1O. The van der Waals surface area contributed by atoms with Gasteiger partial charge in [-0.1, -0.05) is 0 Å². The van der Waals surface area contributed by atoms with Crippen LogP contribution >= 0.6 is 0 Å². The van der Waals surface area contributed by atoms with E-state index in [2.05, 4.69) is 0 Å². The number of aliphatic hydroxyl groups is 7. The molecule has 0 unspecified atom stereocenters. The van der Waals surface area contributed by atoms with Crippen molar-refractivity contribution in [2.75, 3.05) is 19.8 Å². The number of ether oxygens (including phenoxy) is 3. The third-order valence-corrected chi connectivity index (χ3v) is 3.88. The fraction of sp³-hybridized carbons (Fsp3) is 1.00. The zero-order chi connectivity index (χ0) is 16.4. The lowest BCUT2D eigenvalue weighted by molar-refractivity contribution is -0.310. The number of hydrogen-bond donors (Lipinski definition) is 7. The van der Waals surface area contributed by atoms with Gasteiger partial charge in [0.1, 0.15) is 48.8 Å². The summed E-state index contributed by atoms with van der Waals surface area (Å²) < 4.78 is 15.4. The lowest BCUT2D eigenvalue weighted by Crippen LogP contribution is -2.60. The summed E-state index contributed by atoms with van der Waals surface area (Å²) in [5, 5.41) is 66.7. The second-order valence-electron chi connectivity index (χ2n) is 5.45. The smallest absolute Gasteiger partial charge is 0.186 e. The topological polar surface area (TPSA) is 169 Å². The Morgan fingerprint density at radius 1 is 0.818 bits per heavy atom. The normalized spacial score (nSPS) is 50.0. The van der Waals surface area contributed by atoms with Gasteiger partial charge in [0.05, 0.1) is 19.8 Å². The highest BCUT2D eigenvalue weighted by molar-refractivity contribution is 4.90. The van der Waals surface area contributed by atoms with E-state index in [0.717, 1.165) is 0 Å². The van der Waals surface area contributed by atoms with Crippen molar-refractivity contribution in [1.82, 2.24) is 0 Å². The Morgan fingerprint density at radius 2 is 1.45 bits per heavy atom. The Hall–Kier alpha value is -0.400. The first kappa shape index (κ1) is 17.9. The van der Waals surface area contributed by atoms with Crippen LogP contribution in [-0.2, 0) is 14.2 Å². The molecule has 2 aliphatic rings. The van der Waals surface area contributed by atoms with Crippen LogP contribution in [-0.4, -0.2) is 111 Å². The van der Waals surface area contributed by atoms with Crippen molar-refractivity contribution in [3.8, 4) is 0 Å². The van der Waals surface area contributed by atoms with Gasteiger partial charge in [-0.25, -0.2) is 0 Å². The Morgan fingerprint density at radius 3 is 2.09 bits per heavy atom. The van der Waals surface area contributed by atoms with Crippen molar-refractivity contribution in [3.05, 3.63) is 0 Å². The molecule has 2 rings (SSSR count). The molecule has 2 heterocycles. The summed E-state index contributed by atoms with van der Waals surface area (Å²) in [4.78, 5) is 0. The first-order valence-electron chi connectivity index (χ1n) is 6.94. The third-order valence-electron chi connectivity index (χ3n) is 3.88. The van der Waals surface area contributed by atoms with Gasteiger partial charge < -0.3 is 50.0 Å². The summed E-state index contributed by atoms with van der Waals surface area (Å²) in [6, 6.07) is 0. The van der Waals surface area contributed by atoms with Crippen LogP contribution < -0.4 is 0 Å². The molecule has 10 nitrogen and oxygen atoms in total. The molecule has 10 heteroatoms. The van der Waals surface area contributed by atoms with Gasteiger partial charge in [0.25, 0.3) is 0 Å². The maximum atomic E-state index is 9.78. The molecular weight excluding hydrogens is 304 g/mol. The standard InChI is InChI=1S/C12H22O10/c13-1-5-8(16)10(18)11(19)12(22-5)21-3-6-9(17)7(15)4(14)2-20-6/h4-19H,1-3H2/t4-,5+,6+,7+,8-,9-,10-,11+,12+/m0/s1. The van der Waals surface area contributed by atoms with Gasteiger partial charge in [-0.05, 0) is 0 Å². The average Bonchev–Trinajstić information content (AvgIpc) is 2.51. The van der Waals surface area contributed by atoms with Crippen LogP contribution in [0.3, 0.4) is 0 Å². The van der Waals surface area contributed by atoms with Crippen LogP contribution in [0.5, 0.6) is 0 Å². The van der Waals surface area contributed by atoms with E-state index in [1.165, 1.54) is 0 Å². The van der Waals surface area contributed by atoms with Crippen molar-refractivity contribution >= 4 is 0 Å². The number of rotatable bonds is 4. The molecule has 0 bridgehead atoms. The van der Waals surface area contributed by atoms with Gasteiger partial charge in [0.15, 0.2) is 6.29 Å². The summed E-state index contributed by atoms with van der Waals surface area (Å²) >= 11 is 0. The molecule has 2 fully saturated rings. The molecule has 0 aliphatic carbocycles. The zero-order valence-corrected chi connectivity index (χ0v) is 11.7. The average molecular weight is 326 g/mol. The Kier molecular flexibility index (Phi) is 6.07. The summed E-state index contributed by atoms with van der Waals surface area (Å²) in [6.07, 6.45) is -12.0. The lowest BCUT2D eigenvalue weighted by Gasteiger charge is -2.41. The number of hydrogen-bond acceptors (Lipinski definition) is 10. The second kappa shape index (κ2) is 7.45. The van der Waals surface area contributed by atoms with Gasteiger partial charge in [-0.15, -0.1) is 0 Å². The van der Waals surface area contributed by atoms with E-state index in [-0.39, 0.29) is 13.2 Å².